The first-order chi connectivity index (χ1) is 7.29. The molecule has 100 valence electrons. The Morgan fingerprint density at radius 1 is 1.41 bits per heavy atom. The zero-order chi connectivity index (χ0) is 12.3. The van der Waals surface area contributed by atoms with E-state index in [4.69, 9.17) is 9.84 Å². The van der Waals surface area contributed by atoms with Crippen LogP contribution in [0.5, 0.6) is 0 Å². The number of nitrogens with zero attached hydrogens (tertiary/aromatic N) is 1. The van der Waals surface area contributed by atoms with Crippen molar-refractivity contribution in [3.8, 4) is 0 Å². The Labute approximate surface area is 108 Å². The number of rotatable bonds is 2. The largest absolute Gasteiger partial charge is 0.481 e. The van der Waals surface area contributed by atoms with E-state index >= 15 is 0 Å². The zero-order valence-electron chi connectivity index (χ0n) is 10.4. The first-order valence-electron chi connectivity index (χ1n) is 5.51. The summed E-state index contributed by atoms with van der Waals surface area (Å²) in [6.07, 6.45) is 1.18. The minimum atomic E-state index is -0.875. The number of amides is 1. The minimum absolute atomic E-state index is 0. The van der Waals surface area contributed by atoms with Gasteiger partial charge in [0.15, 0.2) is 0 Å². The highest BCUT2D eigenvalue weighted by Crippen LogP contribution is 2.22. The molecule has 1 atom stereocenters. The van der Waals surface area contributed by atoms with Crippen LogP contribution in [0.4, 0.5) is 4.79 Å². The van der Waals surface area contributed by atoms with Gasteiger partial charge in [-0.25, -0.2) is 4.79 Å². The standard InChI is InChI=1S/C11H19NO4.ClH/c1-11(2,3)16-10(15)12-6-4-5-8(12)7-9(13)14;/h8H,4-7H2,1-3H3,(H,13,14);1H/t8-;/m0./s1. The lowest BCUT2D eigenvalue weighted by molar-refractivity contribution is -0.138. The average molecular weight is 266 g/mol. The molecule has 0 spiro atoms. The van der Waals surface area contributed by atoms with E-state index in [2.05, 4.69) is 0 Å². The van der Waals surface area contributed by atoms with Gasteiger partial charge in [-0.15, -0.1) is 12.4 Å². The Kier molecular flexibility index (Phi) is 5.75. The zero-order valence-corrected chi connectivity index (χ0v) is 11.2. The molecule has 5 nitrogen and oxygen atoms in total. The summed E-state index contributed by atoms with van der Waals surface area (Å²) in [6.45, 7) is 5.99. The van der Waals surface area contributed by atoms with E-state index < -0.39 is 17.7 Å². The molecule has 0 aromatic heterocycles. The molecule has 0 radical (unpaired) electrons. The fourth-order valence-corrected chi connectivity index (χ4v) is 1.81. The van der Waals surface area contributed by atoms with Gasteiger partial charge in [0.25, 0.3) is 0 Å². The third-order valence-electron chi connectivity index (χ3n) is 2.42. The van der Waals surface area contributed by atoms with Crippen molar-refractivity contribution in [2.45, 2.75) is 51.7 Å². The Morgan fingerprint density at radius 2 is 2.00 bits per heavy atom. The Hall–Kier alpha value is -0.970. The van der Waals surface area contributed by atoms with Crippen LogP contribution in [0.3, 0.4) is 0 Å². The third-order valence-corrected chi connectivity index (χ3v) is 2.42. The molecule has 1 heterocycles. The van der Waals surface area contributed by atoms with Gasteiger partial charge in [-0.2, -0.15) is 0 Å². The van der Waals surface area contributed by atoms with Gasteiger partial charge in [-0.05, 0) is 33.6 Å². The highest BCUT2D eigenvalue weighted by Gasteiger charge is 2.33. The number of likely N-dealkylation sites (tertiary alicyclic amines) is 1. The SMILES string of the molecule is CC(C)(C)OC(=O)N1CCC[C@H]1CC(=O)O.Cl. The van der Waals surface area contributed by atoms with Crippen LogP contribution in [0, 0.1) is 0 Å². The molecule has 1 fully saturated rings. The average Bonchev–Trinajstić information content (AvgIpc) is 2.47. The van der Waals surface area contributed by atoms with Crippen molar-refractivity contribution >= 4 is 24.5 Å². The molecule has 1 aliphatic rings. The van der Waals surface area contributed by atoms with E-state index in [0.29, 0.717) is 6.54 Å². The minimum Gasteiger partial charge on any atom is -0.481 e. The number of hydrogen-bond donors (Lipinski definition) is 1. The lowest BCUT2D eigenvalue weighted by Gasteiger charge is -2.27. The van der Waals surface area contributed by atoms with E-state index in [-0.39, 0.29) is 24.9 Å². The predicted octanol–water partition coefficient (Wildman–Crippen LogP) is 2.28. The van der Waals surface area contributed by atoms with Crippen LogP contribution in [-0.4, -0.2) is 40.3 Å². The highest BCUT2D eigenvalue weighted by atomic mass is 35.5. The van der Waals surface area contributed by atoms with Crippen molar-refractivity contribution in [1.82, 2.24) is 4.90 Å². The van der Waals surface area contributed by atoms with Crippen LogP contribution in [-0.2, 0) is 9.53 Å². The van der Waals surface area contributed by atoms with Gasteiger partial charge in [0.2, 0.25) is 0 Å². The van der Waals surface area contributed by atoms with Crippen molar-refractivity contribution in [2.75, 3.05) is 6.54 Å². The lowest BCUT2D eigenvalue weighted by Crippen LogP contribution is -2.40. The van der Waals surface area contributed by atoms with Crippen LogP contribution < -0.4 is 0 Å². The number of aliphatic carboxylic acids is 1. The predicted molar refractivity (Wildman–Crippen MR) is 65.5 cm³/mol. The van der Waals surface area contributed by atoms with E-state index in [9.17, 15) is 9.59 Å². The molecule has 0 aromatic rings. The summed E-state index contributed by atoms with van der Waals surface area (Å²) in [5.41, 5.74) is -0.534. The monoisotopic (exact) mass is 265 g/mol. The molecule has 6 heteroatoms. The summed E-state index contributed by atoms with van der Waals surface area (Å²) < 4.78 is 5.23. The maximum Gasteiger partial charge on any atom is 0.410 e. The second-order valence-electron chi connectivity index (χ2n) is 5.07. The van der Waals surface area contributed by atoms with Crippen molar-refractivity contribution in [3.05, 3.63) is 0 Å². The van der Waals surface area contributed by atoms with Crippen molar-refractivity contribution < 1.29 is 19.4 Å². The molecule has 0 aromatic carbocycles. The summed E-state index contributed by atoms with van der Waals surface area (Å²) in [5, 5.41) is 8.73. The number of hydrogen-bond acceptors (Lipinski definition) is 3. The first-order valence-corrected chi connectivity index (χ1v) is 5.51. The first kappa shape index (κ1) is 16.0. The van der Waals surface area contributed by atoms with Gasteiger partial charge in [-0.3, -0.25) is 4.79 Å². The van der Waals surface area contributed by atoms with Gasteiger partial charge in [0, 0.05) is 12.6 Å². The number of carboxylic acid groups (broad SMARTS) is 1. The highest BCUT2D eigenvalue weighted by molar-refractivity contribution is 5.85. The smallest absolute Gasteiger partial charge is 0.410 e. The van der Waals surface area contributed by atoms with Gasteiger partial charge < -0.3 is 14.7 Å². The molecular formula is C11H20ClNO4. The maximum atomic E-state index is 11.8. The molecule has 1 rings (SSSR count). The molecular weight excluding hydrogens is 246 g/mol. The topological polar surface area (TPSA) is 66.8 Å². The summed E-state index contributed by atoms with van der Waals surface area (Å²) in [5.74, 6) is -0.875. The molecule has 17 heavy (non-hydrogen) atoms. The number of carboxylic acids is 1. The molecule has 0 unspecified atom stereocenters. The molecule has 0 saturated carbocycles. The van der Waals surface area contributed by atoms with Crippen molar-refractivity contribution in [1.29, 1.82) is 0 Å². The molecule has 0 aliphatic carbocycles. The van der Waals surface area contributed by atoms with E-state index in [1.54, 1.807) is 20.8 Å². The summed E-state index contributed by atoms with van der Waals surface area (Å²) >= 11 is 0. The summed E-state index contributed by atoms with van der Waals surface area (Å²) in [6, 6.07) is -0.215. The molecule has 0 bridgehead atoms. The van der Waals surface area contributed by atoms with Crippen molar-refractivity contribution in [3.63, 3.8) is 0 Å². The fraction of sp³-hybridized carbons (Fsp3) is 0.818. The molecule has 1 aliphatic heterocycles. The number of carbonyl (C=O) groups is 2. The van der Waals surface area contributed by atoms with Gasteiger partial charge in [-0.1, -0.05) is 0 Å². The number of halogens is 1. The molecule has 1 saturated heterocycles. The quantitative estimate of drug-likeness (QED) is 0.832. The van der Waals surface area contributed by atoms with Gasteiger partial charge in [0.1, 0.15) is 5.60 Å². The Bertz CT molecular complexity index is 288. The summed E-state index contributed by atoms with van der Waals surface area (Å²) in [7, 11) is 0. The van der Waals surface area contributed by atoms with Crippen molar-refractivity contribution in [2.24, 2.45) is 0 Å². The van der Waals surface area contributed by atoms with Gasteiger partial charge >= 0.3 is 12.1 Å². The fourth-order valence-electron chi connectivity index (χ4n) is 1.81. The molecule has 1 amide bonds. The Morgan fingerprint density at radius 3 is 2.47 bits per heavy atom. The number of carbonyl (C=O) groups excluding carboxylic acids is 1. The van der Waals surface area contributed by atoms with Crippen LogP contribution in [0.25, 0.3) is 0 Å². The van der Waals surface area contributed by atoms with Gasteiger partial charge in [0.05, 0.1) is 6.42 Å². The number of ether oxygens (including phenoxy) is 1. The third kappa shape index (κ3) is 5.26. The molecule has 1 N–H and O–H groups in total. The van der Waals surface area contributed by atoms with E-state index in [0.717, 1.165) is 12.8 Å². The lowest BCUT2D eigenvalue weighted by atomic mass is 10.1. The second kappa shape index (κ2) is 6.10. The summed E-state index contributed by atoms with van der Waals surface area (Å²) in [4.78, 5) is 23.9. The maximum absolute atomic E-state index is 11.8. The van der Waals surface area contributed by atoms with Crippen LogP contribution in [0.1, 0.15) is 40.0 Å². The van der Waals surface area contributed by atoms with E-state index in [1.807, 2.05) is 0 Å². The second-order valence-corrected chi connectivity index (χ2v) is 5.07. The van der Waals surface area contributed by atoms with Crippen LogP contribution in [0.15, 0.2) is 0 Å². The van der Waals surface area contributed by atoms with Crippen LogP contribution >= 0.6 is 12.4 Å². The van der Waals surface area contributed by atoms with Crippen LogP contribution in [0.2, 0.25) is 0 Å². The van der Waals surface area contributed by atoms with E-state index in [1.165, 1.54) is 4.90 Å². The normalized spacial score (nSPS) is 19.7. The Balaban J connectivity index is 0.00000256.